The molecule has 0 aromatic heterocycles. The Hall–Kier alpha value is -5.60. The van der Waals surface area contributed by atoms with Crippen LogP contribution in [-0.2, 0) is 46.5 Å². The number of aliphatic carboxylic acids is 4. The number of nitrogens with one attached hydrogen (secondary N) is 7. The third kappa shape index (κ3) is 20.4. The van der Waals surface area contributed by atoms with Gasteiger partial charge in [-0.05, 0) is 50.7 Å². The Kier molecular flexibility index (Phi) is 21.2. The summed E-state index contributed by atoms with van der Waals surface area (Å²) < 4.78 is 0. The van der Waals surface area contributed by atoms with Gasteiger partial charge in [0.25, 0.3) is 0 Å². The van der Waals surface area contributed by atoms with Crippen LogP contribution in [0.4, 0.5) is 9.59 Å². The molecule has 0 bridgehead atoms. The topological polar surface area (TPSA) is 319 Å². The molecule has 54 heavy (non-hydrogen) atoms. The molecule has 11 N–H and O–H groups in total. The quantitative estimate of drug-likeness (QED) is 0.0443. The second-order valence-corrected chi connectivity index (χ2v) is 12.8. The highest BCUT2D eigenvalue weighted by molar-refractivity contribution is 7.80. The predicted molar refractivity (Wildman–Crippen MR) is 193 cm³/mol. The molecule has 0 aliphatic heterocycles. The molecule has 0 aliphatic rings. The highest BCUT2D eigenvalue weighted by Crippen LogP contribution is 2.07. The fraction of sp³-hybridized carbons (Fsp3) is 0.545. The lowest BCUT2D eigenvalue weighted by Gasteiger charge is -2.22. The Labute approximate surface area is 316 Å². The van der Waals surface area contributed by atoms with Crippen LogP contribution in [0.5, 0.6) is 0 Å². The minimum absolute atomic E-state index is 0.150. The molecule has 7 amide bonds. The molecule has 1 aromatic rings. The normalized spacial score (nSPS) is 13.4. The van der Waals surface area contributed by atoms with Crippen molar-refractivity contribution in [1.29, 1.82) is 0 Å². The van der Waals surface area contributed by atoms with E-state index in [1.165, 1.54) is 0 Å². The lowest BCUT2D eigenvalue weighted by Crippen LogP contribution is -2.56. The van der Waals surface area contributed by atoms with Crippen LogP contribution in [0.1, 0.15) is 69.9 Å². The summed E-state index contributed by atoms with van der Waals surface area (Å²) in [5.41, 5.74) is 1.19. The minimum Gasteiger partial charge on any atom is -0.481 e. The van der Waals surface area contributed by atoms with Crippen molar-refractivity contribution in [2.45, 2.75) is 102 Å². The first-order valence-electron chi connectivity index (χ1n) is 17.0. The van der Waals surface area contributed by atoms with Crippen molar-refractivity contribution in [3.63, 3.8) is 0 Å². The molecule has 21 heteroatoms. The summed E-state index contributed by atoms with van der Waals surface area (Å²) in [7, 11) is 0. The summed E-state index contributed by atoms with van der Waals surface area (Å²) in [4.78, 5) is 107. The van der Waals surface area contributed by atoms with Crippen LogP contribution in [0, 0.1) is 0 Å². The number of carboxylic acids is 4. The number of unbranched alkanes of at least 4 members (excludes halogenated alkanes) is 1. The molecule has 0 radical (unpaired) electrons. The maximum absolute atomic E-state index is 12.9. The van der Waals surface area contributed by atoms with Gasteiger partial charge in [-0.2, -0.15) is 12.6 Å². The van der Waals surface area contributed by atoms with Crippen molar-refractivity contribution < 1.29 is 63.6 Å². The Morgan fingerprint density at radius 2 is 1.19 bits per heavy atom. The zero-order valence-corrected chi connectivity index (χ0v) is 30.8. The first-order valence-corrected chi connectivity index (χ1v) is 17.6. The summed E-state index contributed by atoms with van der Waals surface area (Å²) in [6.45, 7) is 3.81. The number of carbonyl (C=O) groups excluding carboxylic acids is 5. The minimum atomic E-state index is -1.60. The SMILES string of the molecule is CC(CCCCNC(=O)NCc1ccc(CC(=O)NC(CC(=O)O)C(=O)NC(CC(=O)O)C(=O)NC(C)CS)cc1)NC(=O)NC(CCC(=O)O)C(=O)O. The van der Waals surface area contributed by atoms with E-state index in [0.717, 1.165) is 0 Å². The van der Waals surface area contributed by atoms with Crippen molar-refractivity contribution >= 4 is 66.3 Å². The molecule has 20 nitrogen and oxygen atoms in total. The Balaban J connectivity index is 2.52. The van der Waals surface area contributed by atoms with Gasteiger partial charge in [0.1, 0.15) is 18.1 Å². The van der Waals surface area contributed by atoms with Crippen molar-refractivity contribution in [1.82, 2.24) is 37.2 Å². The molecule has 0 spiro atoms. The van der Waals surface area contributed by atoms with Crippen LogP contribution in [-0.4, -0.2) is 117 Å². The van der Waals surface area contributed by atoms with Crippen molar-refractivity contribution in [3.05, 3.63) is 35.4 Å². The molecular formula is C33H49N7O13S. The van der Waals surface area contributed by atoms with E-state index in [-0.39, 0.29) is 31.2 Å². The Bertz CT molecular complexity index is 1480. The van der Waals surface area contributed by atoms with E-state index in [0.29, 0.717) is 36.9 Å². The summed E-state index contributed by atoms with van der Waals surface area (Å²) in [5.74, 6) is -7.67. The number of urea groups is 2. The van der Waals surface area contributed by atoms with E-state index in [1.807, 2.05) is 0 Å². The third-order valence-electron chi connectivity index (χ3n) is 7.52. The van der Waals surface area contributed by atoms with Crippen LogP contribution in [0.25, 0.3) is 0 Å². The largest absolute Gasteiger partial charge is 0.481 e. The zero-order valence-electron chi connectivity index (χ0n) is 29.9. The van der Waals surface area contributed by atoms with Crippen LogP contribution in [0.2, 0.25) is 0 Å². The molecular weight excluding hydrogens is 734 g/mol. The second kappa shape index (κ2) is 24.6. The summed E-state index contributed by atoms with van der Waals surface area (Å²) in [6.07, 6.45) is -0.788. The maximum atomic E-state index is 12.9. The van der Waals surface area contributed by atoms with Gasteiger partial charge in [0.15, 0.2) is 0 Å². The van der Waals surface area contributed by atoms with Gasteiger partial charge in [0.2, 0.25) is 17.7 Å². The standard InChI is InChI=1S/C33H49N7O13S/c1-18(37-33(53)40-22(31(50)51)10-11-26(42)43)5-3-4-12-34-32(52)35-16-21-8-6-20(7-9-21)13-25(41)38-23(14-27(44)45)30(49)39-24(15-28(46)47)29(48)36-19(2)17-54/h6-9,18-19,22-24,54H,3-5,10-17H2,1-2H3,(H,36,48)(H,38,41)(H,39,49)(H,42,43)(H,44,45)(H,46,47)(H,50,51)(H2,34,35,52)(H2,37,40,53). The van der Waals surface area contributed by atoms with E-state index in [2.05, 4.69) is 49.8 Å². The van der Waals surface area contributed by atoms with Gasteiger partial charge < -0.3 is 57.6 Å². The van der Waals surface area contributed by atoms with Crippen molar-refractivity contribution in [3.8, 4) is 0 Å². The van der Waals surface area contributed by atoms with Gasteiger partial charge in [0.05, 0.1) is 19.3 Å². The molecule has 300 valence electrons. The molecule has 0 heterocycles. The Morgan fingerprint density at radius 1 is 0.611 bits per heavy atom. The van der Waals surface area contributed by atoms with Crippen LogP contribution < -0.4 is 37.2 Å². The fourth-order valence-electron chi connectivity index (χ4n) is 4.68. The molecule has 0 aliphatic carbocycles. The highest BCUT2D eigenvalue weighted by atomic mass is 32.1. The number of carboxylic acid groups (broad SMARTS) is 4. The second-order valence-electron chi connectivity index (χ2n) is 12.4. The molecule has 0 saturated carbocycles. The summed E-state index contributed by atoms with van der Waals surface area (Å²) in [5, 5.41) is 53.6. The Morgan fingerprint density at radius 3 is 1.74 bits per heavy atom. The highest BCUT2D eigenvalue weighted by Gasteiger charge is 2.30. The van der Waals surface area contributed by atoms with Gasteiger partial charge in [-0.25, -0.2) is 14.4 Å². The molecule has 1 aromatic carbocycles. The van der Waals surface area contributed by atoms with E-state index in [1.54, 1.807) is 38.1 Å². The van der Waals surface area contributed by atoms with Crippen LogP contribution in [0.15, 0.2) is 24.3 Å². The maximum Gasteiger partial charge on any atom is 0.326 e. The molecule has 5 atom stereocenters. The molecule has 0 saturated heterocycles. The van der Waals surface area contributed by atoms with Crippen molar-refractivity contribution in [2.75, 3.05) is 12.3 Å². The molecule has 0 fully saturated rings. The first-order chi connectivity index (χ1) is 25.4. The van der Waals surface area contributed by atoms with Crippen LogP contribution >= 0.6 is 12.6 Å². The average Bonchev–Trinajstić information content (AvgIpc) is 3.08. The number of hydrogen-bond donors (Lipinski definition) is 12. The smallest absolute Gasteiger partial charge is 0.326 e. The average molecular weight is 784 g/mol. The number of rotatable bonds is 25. The monoisotopic (exact) mass is 783 g/mol. The lowest BCUT2D eigenvalue weighted by molar-refractivity contribution is -0.143. The van der Waals surface area contributed by atoms with Gasteiger partial charge >= 0.3 is 35.9 Å². The zero-order chi connectivity index (χ0) is 40.8. The van der Waals surface area contributed by atoms with Gasteiger partial charge in [-0.15, -0.1) is 0 Å². The summed E-state index contributed by atoms with van der Waals surface area (Å²) >= 11 is 4.04. The summed E-state index contributed by atoms with van der Waals surface area (Å²) in [6, 6.07) is 0.105. The number of hydrogen-bond acceptors (Lipinski definition) is 10. The number of amides is 7. The van der Waals surface area contributed by atoms with Crippen molar-refractivity contribution in [2.24, 2.45) is 0 Å². The van der Waals surface area contributed by atoms with Gasteiger partial charge in [0, 0.05) is 37.3 Å². The van der Waals surface area contributed by atoms with E-state index in [9.17, 15) is 53.4 Å². The number of thiol groups is 1. The fourth-order valence-corrected chi connectivity index (χ4v) is 4.77. The van der Waals surface area contributed by atoms with Gasteiger partial charge in [-0.3, -0.25) is 28.8 Å². The molecule has 1 rings (SSSR count). The molecule has 5 unspecified atom stereocenters. The predicted octanol–water partition coefficient (Wildman–Crippen LogP) is -0.442. The van der Waals surface area contributed by atoms with E-state index >= 15 is 0 Å². The number of carbonyl (C=O) groups is 9. The van der Waals surface area contributed by atoms with Gasteiger partial charge in [-0.1, -0.05) is 24.3 Å². The van der Waals surface area contributed by atoms with Crippen LogP contribution in [0.3, 0.4) is 0 Å². The lowest BCUT2D eigenvalue weighted by atomic mass is 10.1. The number of benzene rings is 1. The first kappa shape index (κ1) is 46.4. The van der Waals surface area contributed by atoms with E-state index in [4.69, 9.17) is 10.2 Å². The third-order valence-corrected chi connectivity index (χ3v) is 8.07. The van der Waals surface area contributed by atoms with E-state index < -0.39 is 97.1 Å².